The van der Waals surface area contributed by atoms with E-state index >= 15 is 0 Å². The Morgan fingerprint density at radius 1 is 0.913 bits per heavy atom. The van der Waals surface area contributed by atoms with Gasteiger partial charge in [0.05, 0.1) is 28.8 Å². The van der Waals surface area contributed by atoms with E-state index in [1.54, 1.807) is 24.5 Å². The molecule has 0 saturated carbocycles. The van der Waals surface area contributed by atoms with Crippen molar-refractivity contribution in [1.82, 2.24) is 30.0 Å². The molecule has 0 aliphatic rings. The number of nitrogens with zero attached hydrogens (tertiary/aromatic N) is 4. The van der Waals surface area contributed by atoms with Gasteiger partial charge in [0.2, 0.25) is 0 Å². The average Bonchev–Trinajstić information content (AvgIpc) is 3.69. The molecule has 0 spiro atoms. The maximum absolute atomic E-state index is 14.7. The molecule has 0 fully saturated rings. The van der Waals surface area contributed by atoms with E-state index in [-0.39, 0.29) is 11.7 Å². The highest BCUT2D eigenvalue weighted by Gasteiger charge is 2.17. The number of likely N-dealkylation sites (N-methyl/N-ethyl adjacent to an activating group) is 1. The van der Waals surface area contributed by atoms with Crippen LogP contribution in [0.5, 0.6) is 5.75 Å². The maximum atomic E-state index is 14.7. The number of nitrogens with one attached hydrogen (secondary N) is 3. The first kappa shape index (κ1) is 28.9. The molecule has 7 aromatic rings. The molecule has 0 saturated heterocycles. The summed E-state index contributed by atoms with van der Waals surface area (Å²) in [6.07, 6.45) is 3.31. The summed E-state index contributed by atoms with van der Waals surface area (Å²) in [4.78, 5) is 27.5. The standard InChI is InChI=1S/C36H30FN7O2/c1-44(2)13-14-46-27-17-23(15-25(37)18-27)28-9-6-10-31-29(28)19-33(40-31)35-34-32(42-43-35)12-11-30(41-34)24-16-26(21-38-20-24)39-36(45)22-7-4-3-5-8-22/h3-12,15-21,40H,13-14H2,1-2H3,(H,39,45)(H,42,43). The Kier molecular flexibility index (Phi) is 7.69. The number of hydrogen-bond acceptors (Lipinski definition) is 6. The van der Waals surface area contributed by atoms with Crippen molar-refractivity contribution in [2.45, 2.75) is 0 Å². The largest absolute Gasteiger partial charge is 0.492 e. The number of H-pyrrole nitrogens is 2. The Morgan fingerprint density at radius 3 is 2.63 bits per heavy atom. The van der Waals surface area contributed by atoms with E-state index < -0.39 is 0 Å². The molecule has 0 unspecified atom stereocenters. The average molecular weight is 612 g/mol. The molecule has 0 radical (unpaired) electrons. The molecule has 9 nitrogen and oxygen atoms in total. The predicted octanol–water partition coefficient (Wildman–Crippen LogP) is 7.17. The first-order valence-corrected chi connectivity index (χ1v) is 14.8. The molecule has 46 heavy (non-hydrogen) atoms. The zero-order chi connectivity index (χ0) is 31.6. The summed E-state index contributed by atoms with van der Waals surface area (Å²) in [5, 5.41) is 11.5. The van der Waals surface area contributed by atoms with E-state index in [0.717, 1.165) is 45.3 Å². The number of ether oxygens (including phenoxy) is 1. The van der Waals surface area contributed by atoms with E-state index in [9.17, 15) is 9.18 Å². The summed E-state index contributed by atoms with van der Waals surface area (Å²) in [6.45, 7) is 1.18. The van der Waals surface area contributed by atoms with Gasteiger partial charge in [-0.15, -0.1) is 0 Å². The molecule has 3 aromatic carbocycles. The highest BCUT2D eigenvalue weighted by Crippen LogP contribution is 2.36. The molecular formula is C36H30FN7O2. The Morgan fingerprint density at radius 2 is 1.78 bits per heavy atom. The molecule has 3 N–H and O–H groups in total. The molecule has 4 aromatic heterocycles. The van der Waals surface area contributed by atoms with Crippen LogP contribution in [-0.4, -0.2) is 63.2 Å². The molecule has 0 aliphatic carbocycles. The number of hydrogen-bond donors (Lipinski definition) is 3. The molecule has 0 atom stereocenters. The Bertz CT molecular complexity index is 2190. The SMILES string of the molecule is CN(C)CCOc1cc(F)cc(-c2cccc3[nH]c(-c4n[nH]c5ccc(-c6cncc(NC(=O)c7ccccc7)c6)nc45)cc23)c1. The van der Waals surface area contributed by atoms with E-state index in [2.05, 4.69) is 25.5 Å². The van der Waals surface area contributed by atoms with Crippen molar-refractivity contribution in [3.63, 3.8) is 0 Å². The Hall–Kier alpha value is -5.87. The van der Waals surface area contributed by atoms with Crippen molar-refractivity contribution in [3.05, 3.63) is 115 Å². The van der Waals surface area contributed by atoms with Crippen LogP contribution in [0.25, 0.3) is 55.7 Å². The van der Waals surface area contributed by atoms with E-state index in [1.807, 2.05) is 85.7 Å². The lowest BCUT2D eigenvalue weighted by atomic mass is 10.0. The zero-order valence-electron chi connectivity index (χ0n) is 25.2. The van der Waals surface area contributed by atoms with Crippen LogP contribution in [0, 0.1) is 5.82 Å². The normalized spacial score (nSPS) is 11.4. The Balaban J connectivity index is 1.21. The quantitative estimate of drug-likeness (QED) is 0.160. The smallest absolute Gasteiger partial charge is 0.255 e. The van der Waals surface area contributed by atoms with Crippen LogP contribution in [0.1, 0.15) is 10.4 Å². The molecule has 7 rings (SSSR count). The van der Waals surface area contributed by atoms with Crippen LogP contribution in [0.3, 0.4) is 0 Å². The number of rotatable bonds is 9. The zero-order valence-corrected chi connectivity index (χ0v) is 25.2. The molecule has 1 amide bonds. The van der Waals surface area contributed by atoms with Gasteiger partial charge in [-0.3, -0.25) is 14.9 Å². The summed E-state index contributed by atoms with van der Waals surface area (Å²) in [6, 6.07) is 27.3. The fourth-order valence-corrected chi connectivity index (χ4v) is 5.37. The Labute approximate surface area is 264 Å². The van der Waals surface area contributed by atoms with Gasteiger partial charge in [-0.2, -0.15) is 5.10 Å². The van der Waals surface area contributed by atoms with Gasteiger partial charge in [-0.05, 0) is 79.8 Å². The molecule has 228 valence electrons. The molecule has 0 bridgehead atoms. The number of fused-ring (bicyclic) bond motifs is 2. The number of carbonyl (C=O) groups excluding carboxylic acids is 1. The van der Waals surface area contributed by atoms with Crippen LogP contribution in [-0.2, 0) is 0 Å². The number of anilines is 1. The summed E-state index contributed by atoms with van der Waals surface area (Å²) in [5.41, 5.74) is 7.86. The van der Waals surface area contributed by atoms with Crippen molar-refractivity contribution in [1.29, 1.82) is 0 Å². The van der Waals surface area contributed by atoms with Crippen molar-refractivity contribution in [2.24, 2.45) is 0 Å². The number of halogens is 1. The van der Waals surface area contributed by atoms with Gasteiger partial charge >= 0.3 is 0 Å². The third-order valence-electron chi connectivity index (χ3n) is 7.64. The number of aromatic amines is 2. The second-order valence-electron chi connectivity index (χ2n) is 11.2. The van der Waals surface area contributed by atoms with Crippen molar-refractivity contribution >= 4 is 33.5 Å². The topological polar surface area (TPSA) is 112 Å². The molecule has 10 heteroatoms. The van der Waals surface area contributed by atoms with Crippen molar-refractivity contribution < 1.29 is 13.9 Å². The van der Waals surface area contributed by atoms with E-state index in [1.165, 1.54) is 12.1 Å². The third-order valence-corrected chi connectivity index (χ3v) is 7.64. The van der Waals surface area contributed by atoms with Crippen LogP contribution in [0.4, 0.5) is 10.1 Å². The molecular weight excluding hydrogens is 581 g/mol. The van der Waals surface area contributed by atoms with E-state index in [0.29, 0.717) is 40.5 Å². The summed E-state index contributed by atoms with van der Waals surface area (Å²) >= 11 is 0. The fourth-order valence-electron chi connectivity index (χ4n) is 5.37. The lowest BCUT2D eigenvalue weighted by molar-refractivity contribution is 0.102. The van der Waals surface area contributed by atoms with Crippen molar-refractivity contribution in [2.75, 3.05) is 32.6 Å². The monoisotopic (exact) mass is 611 g/mol. The van der Waals surface area contributed by atoms with Crippen LogP contribution in [0.2, 0.25) is 0 Å². The predicted molar refractivity (Wildman–Crippen MR) is 178 cm³/mol. The molecule has 0 aliphatic heterocycles. The van der Waals surface area contributed by atoms with Gasteiger partial charge in [-0.25, -0.2) is 9.37 Å². The minimum absolute atomic E-state index is 0.218. The lowest BCUT2D eigenvalue weighted by Gasteiger charge is -2.12. The van der Waals surface area contributed by atoms with Gasteiger partial charge in [0.25, 0.3) is 5.91 Å². The number of aromatic nitrogens is 5. The number of carbonyl (C=O) groups is 1. The van der Waals surface area contributed by atoms with Gasteiger partial charge in [0.15, 0.2) is 0 Å². The van der Waals surface area contributed by atoms with E-state index in [4.69, 9.17) is 9.72 Å². The summed E-state index contributed by atoms with van der Waals surface area (Å²) in [7, 11) is 3.93. The van der Waals surface area contributed by atoms with Crippen LogP contribution in [0.15, 0.2) is 103 Å². The first-order chi connectivity index (χ1) is 22.4. The van der Waals surface area contributed by atoms with Gasteiger partial charge in [-0.1, -0.05) is 30.3 Å². The third kappa shape index (κ3) is 5.93. The van der Waals surface area contributed by atoms with Gasteiger partial charge in [0.1, 0.15) is 29.4 Å². The fraction of sp³-hybridized carbons (Fsp3) is 0.111. The van der Waals surface area contributed by atoms with Gasteiger partial charge < -0.3 is 19.9 Å². The highest BCUT2D eigenvalue weighted by atomic mass is 19.1. The highest BCUT2D eigenvalue weighted by molar-refractivity contribution is 6.04. The number of benzene rings is 3. The van der Waals surface area contributed by atoms with Crippen LogP contribution < -0.4 is 10.1 Å². The minimum Gasteiger partial charge on any atom is -0.492 e. The number of pyridine rings is 2. The second-order valence-corrected chi connectivity index (χ2v) is 11.2. The minimum atomic E-state index is -0.363. The lowest BCUT2D eigenvalue weighted by Crippen LogP contribution is -2.19. The summed E-state index contributed by atoms with van der Waals surface area (Å²) in [5.74, 6) is -0.0965. The van der Waals surface area contributed by atoms with Crippen LogP contribution >= 0.6 is 0 Å². The first-order valence-electron chi connectivity index (χ1n) is 14.8. The van der Waals surface area contributed by atoms with Crippen molar-refractivity contribution in [3.8, 4) is 39.5 Å². The molecule has 4 heterocycles. The second kappa shape index (κ2) is 12.3. The maximum Gasteiger partial charge on any atom is 0.255 e. The van der Waals surface area contributed by atoms with Gasteiger partial charge in [0, 0.05) is 40.8 Å². The summed E-state index contributed by atoms with van der Waals surface area (Å²) < 4.78 is 20.5. The number of amides is 1.